The van der Waals surface area contributed by atoms with Crippen molar-refractivity contribution < 1.29 is 33.3 Å². The smallest absolute Gasteiger partial charge is 0.227 e. The third-order valence-corrected chi connectivity index (χ3v) is 5.77. The second-order valence-corrected chi connectivity index (χ2v) is 9.29. The van der Waals surface area contributed by atoms with Crippen molar-refractivity contribution in [2.45, 2.75) is 124 Å². The van der Waals surface area contributed by atoms with E-state index >= 15 is 0 Å². The summed E-state index contributed by atoms with van der Waals surface area (Å²) >= 11 is 0. The average Bonchev–Trinajstić information content (AvgIpc) is 2.80. The van der Waals surface area contributed by atoms with E-state index in [1.54, 1.807) is 13.8 Å². The highest BCUT2D eigenvalue weighted by atomic mass is 31.2. The zero-order chi connectivity index (χ0) is 23.6. The molecule has 8 heteroatoms. The molecule has 0 radical (unpaired) electrons. The normalized spacial score (nSPS) is 12.2. The molecule has 0 aromatic rings. The summed E-state index contributed by atoms with van der Waals surface area (Å²) in [5, 5.41) is 0. The van der Waals surface area contributed by atoms with Gasteiger partial charge < -0.3 is 0 Å². The van der Waals surface area contributed by atoms with Crippen molar-refractivity contribution in [2.24, 2.45) is 0 Å². The van der Waals surface area contributed by atoms with Gasteiger partial charge in [0.15, 0.2) is 0 Å². The zero-order valence-electron chi connectivity index (χ0n) is 20.9. The Balaban J connectivity index is 3.39. The largest absolute Gasteiger partial charge is 0.556 e. The summed E-state index contributed by atoms with van der Waals surface area (Å²) in [4.78, 5) is 14.2. The predicted octanol–water partition coefficient (Wildman–Crippen LogP) is 8.80. The van der Waals surface area contributed by atoms with Gasteiger partial charge in [-0.2, -0.15) is 0 Å². The summed E-state index contributed by atoms with van der Waals surface area (Å²) in [7, 11) is -4.02. The van der Waals surface area contributed by atoms with E-state index in [9.17, 15) is 4.57 Å². The molecule has 0 fully saturated rings. The fourth-order valence-corrected chi connectivity index (χ4v) is 3.88. The lowest BCUT2D eigenvalue weighted by molar-refractivity contribution is -0.322. The van der Waals surface area contributed by atoms with E-state index in [4.69, 9.17) is 9.56 Å². The summed E-state index contributed by atoms with van der Waals surface area (Å²) in [6, 6.07) is 0. The first kappa shape index (κ1) is 31.7. The number of hydrogen-bond donors (Lipinski definition) is 0. The third-order valence-electron chi connectivity index (χ3n) is 4.91. The van der Waals surface area contributed by atoms with Crippen LogP contribution in [0.15, 0.2) is 12.2 Å². The van der Waals surface area contributed by atoms with Gasteiger partial charge in [-0.3, -0.25) is 0 Å². The van der Waals surface area contributed by atoms with Crippen LogP contribution in [-0.2, 0) is 33.3 Å². The minimum Gasteiger partial charge on any atom is -0.227 e. The van der Waals surface area contributed by atoms with Crippen LogP contribution in [0.5, 0.6) is 0 Å². The summed E-state index contributed by atoms with van der Waals surface area (Å²) in [6.45, 7) is 6.32. The molecule has 0 unspecified atom stereocenters. The molecule has 0 heterocycles. The lowest BCUT2D eigenvalue weighted by Crippen LogP contribution is -2.04. The average molecular weight is 481 g/mol. The highest BCUT2D eigenvalue weighted by molar-refractivity contribution is 7.48. The SMILES string of the molecule is CCCCCCCC/C=C\CCCCCCCCCCOOP(=O)(OOCC)OOCC. The van der Waals surface area contributed by atoms with Crippen LogP contribution in [0.1, 0.15) is 124 Å². The van der Waals surface area contributed by atoms with Crippen molar-refractivity contribution in [3.63, 3.8) is 0 Å². The van der Waals surface area contributed by atoms with Crippen LogP contribution in [0.25, 0.3) is 0 Å². The van der Waals surface area contributed by atoms with Gasteiger partial charge in [0, 0.05) is 0 Å². The van der Waals surface area contributed by atoms with E-state index < -0.39 is 7.82 Å². The molecule has 0 aliphatic rings. The van der Waals surface area contributed by atoms with E-state index in [1.807, 2.05) is 0 Å². The molecule has 0 aromatic heterocycles. The van der Waals surface area contributed by atoms with E-state index in [2.05, 4.69) is 38.2 Å². The van der Waals surface area contributed by atoms with Gasteiger partial charge in [0.2, 0.25) is 0 Å². The van der Waals surface area contributed by atoms with Gasteiger partial charge >= 0.3 is 7.82 Å². The van der Waals surface area contributed by atoms with Crippen molar-refractivity contribution in [1.29, 1.82) is 0 Å². The lowest BCUT2D eigenvalue weighted by Gasteiger charge is -2.13. The van der Waals surface area contributed by atoms with Crippen LogP contribution in [0, 0.1) is 0 Å². The fourth-order valence-electron chi connectivity index (χ4n) is 3.14. The molecule has 0 N–H and O–H groups in total. The quantitative estimate of drug-likeness (QED) is 0.0402. The monoisotopic (exact) mass is 480 g/mol. The molecule has 0 aliphatic carbocycles. The van der Waals surface area contributed by atoms with Gasteiger partial charge in [0.05, 0.1) is 19.8 Å². The first-order valence-corrected chi connectivity index (χ1v) is 14.3. The molecule has 0 bridgehead atoms. The Hall–Kier alpha value is -0.270. The first-order valence-electron chi connectivity index (χ1n) is 12.9. The summed E-state index contributed by atoms with van der Waals surface area (Å²) in [5.74, 6) is 0. The Morgan fingerprint density at radius 3 is 1.41 bits per heavy atom. The first-order chi connectivity index (χ1) is 15.7. The van der Waals surface area contributed by atoms with Crippen molar-refractivity contribution in [3.05, 3.63) is 12.2 Å². The Kier molecular flexibility index (Phi) is 25.1. The van der Waals surface area contributed by atoms with E-state index in [1.165, 1.54) is 83.5 Å². The molecule has 0 spiro atoms. The van der Waals surface area contributed by atoms with Crippen LogP contribution in [-0.4, -0.2) is 19.8 Å². The molecule has 192 valence electrons. The van der Waals surface area contributed by atoms with E-state index in [0.717, 1.165) is 19.3 Å². The van der Waals surface area contributed by atoms with Crippen LogP contribution in [0.2, 0.25) is 0 Å². The molecule has 0 saturated carbocycles. The Labute approximate surface area is 196 Å². The van der Waals surface area contributed by atoms with Crippen LogP contribution < -0.4 is 0 Å². The molecule has 0 saturated heterocycles. The van der Waals surface area contributed by atoms with Crippen molar-refractivity contribution in [2.75, 3.05) is 19.8 Å². The lowest BCUT2D eigenvalue weighted by atomic mass is 10.1. The molecular weight excluding hydrogens is 431 g/mol. The zero-order valence-corrected chi connectivity index (χ0v) is 21.8. The van der Waals surface area contributed by atoms with Gasteiger partial charge in [-0.15, -0.1) is 14.0 Å². The Bertz CT molecular complexity index is 434. The van der Waals surface area contributed by atoms with Crippen LogP contribution in [0.3, 0.4) is 0 Å². The molecule has 0 aromatic carbocycles. The van der Waals surface area contributed by atoms with Gasteiger partial charge in [-0.1, -0.05) is 89.7 Å². The number of unbranched alkanes of at least 4 members (excludes halogenated alkanes) is 14. The van der Waals surface area contributed by atoms with E-state index in [-0.39, 0.29) is 13.2 Å². The van der Waals surface area contributed by atoms with Gasteiger partial charge in [0.1, 0.15) is 0 Å². The maximum atomic E-state index is 12.1. The second kappa shape index (κ2) is 25.4. The van der Waals surface area contributed by atoms with Crippen LogP contribution in [0.4, 0.5) is 0 Å². The van der Waals surface area contributed by atoms with Crippen molar-refractivity contribution in [3.8, 4) is 0 Å². The Morgan fingerprint density at radius 2 is 0.938 bits per heavy atom. The predicted molar refractivity (Wildman–Crippen MR) is 129 cm³/mol. The number of hydrogen-bond acceptors (Lipinski definition) is 7. The minimum absolute atomic E-state index is 0.193. The topological polar surface area (TPSA) is 72.5 Å². The molecule has 0 rings (SSSR count). The van der Waals surface area contributed by atoms with Crippen LogP contribution >= 0.6 is 7.82 Å². The van der Waals surface area contributed by atoms with Crippen molar-refractivity contribution >= 4 is 7.82 Å². The number of rotatable bonds is 26. The van der Waals surface area contributed by atoms with Gasteiger partial charge in [-0.25, -0.2) is 19.2 Å². The standard InChI is InChI=1S/C24H49O7P/c1-4-7-8-9-10-11-12-13-14-15-16-17-18-19-20-21-22-23-24-28-31-32(25,29-26-5-2)30-27-6-3/h13-14H,4-12,15-24H2,1-3H3/b14-13-. The Morgan fingerprint density at radius 1 is 0.531 bits per heavy atom. The molecule has 32 heavy (non-hydrogen) atoms. The number of phosphoric acid groups is 1. The van der Waals surface area contributed by atoms with Gasteiger partial charge in [-0.05, 0) is 46.0 Å². The minimum atomic E-state index is -4.02. The summed E-state index contributed by atoms with van der Waals surface area (Å²) < 4.78 is 26.0. The molecule has 0 aliphatic heterocycles. The third kappa shape index (κ3) is 22.9. The molecule has 0 amide bonds. The maximum absolute atomic E-state index is 12.1. The molecular formula is C24H49O7P. The summed E-state index contributed by atoms with van der Waals surface area (Å²) in [6.07, 6.45) is 24.9. The highest BCUT2D eigenvalue weighted by Gasteiger charge is 2.32. The molecule has 0 atom stereocenters. The number of allylic oxidation sites excluding steroid dienone is 2. The second-order valence-electron chi connectivity index (χ2n) is 7.95. The highest BCUT2D eigenvalue weighted by Crippen LogP contribution is 2.50. The molecule has 7 nitrogen and oxygen atoms in total. The van der Waals surface area contributed by atoms with E-state index in [0.29, 0.717) is 6.61 Å². The maximum Gasteiger partial charge on any atom is 0.556 e. The summed E-state index contributed by atoms with van der Waals surface area (Å²) in [5.41, 5.74) is 0. The van der Waals surface area contributed by atoms with Gasteiger partial charge in [0.25, 0.3) is 0 Å². The fraction of sp³-hybridized carbons (Fsp3) is 0.917. The van der Waals surface area contributed by atoms with Crippen molar-refractivity contribution in [1.82, 2.24) is 0 Å².